The first kappa shape index (κ1) is 41.2. The van der Waals surface area contributed by atoms with Crippen molar-refractivity contribution in [2.75, 3.05) is 7.11 Å². The van der Waals surface area contributed by atoms with Crippen molar-refractivity contribution >= 4 is 53.6 Å². The standard InChI is InChI=1S/C44H33NO13/c1-27(46)54-36-12-6-4-10-34(36)43(51)57-39-21-17-30(24-41(39)58-44(52)35-11-5-7-13-37(35)55-28(2)47)15-19-33(49)25-32(48)18-14-29-16-20-38(40(23-29)53-3)56-42(50)31-9-8-22-45-26-31/h4-24,26H,25H2,1-3H3/b18-14+,19-15+. The Morgan fingerprint density at radius 1 is 0.517 bits per heavy atom. The van der Waals surface area contributed by atoms with Gasteiger partial charge in [-0.2, -0.15) is 0 Å². The molecular formula is C44H33NO13. The number of ketones is 2. The number of benzene rings is 4. The smallest absolute Gasteiger partial charge is 0.347 e. The van der Waals surface area contributed by atoms with E-state index in [1.165, 1.54) is 105 Å². The summed E-state index contributed by atoms with van der Waals surface area (Å²) in [5, 5.41) is 0. The summed E-state index contributed by atoms with van der Waals surface area (Å²) in [6, 6.07) is 23.6. The lowest BCUT2D eigenvalue weighted by Gasteiger charge is -2.14. The lowest BCUT2D eigenvalue weighted by molar-refractivity contribution is -0.132. The van der Waals surface area contributed by atoms with Crippen LogP contribution in [-0.2, 0) is 19.2 Å². The van der Waals surface area contributed by atoms with Gasteiger partial charge in [0.15, 0.2) is 34.6 Å². The van der Waals surface area contributed by atoms with Crippen LogP contribution in [0.15, 0.2) is 122 Å². The molecule has 0 spiro atoms. The Morgan fingerprint density at radius 2 is 1.00 bits per heavy atom. The van der Waals surface area contributed by atoms with Crippen LogP contribution in [0.4, 0.5) is 0 Å². The molecule has 0 unspecified atom stereocenters. The van der Waals surface area contributed by atoms with Crippen molar-refractivity contribution in [2.45, 2.75) is 20.3 Å². The van der Waals surface area contributed by atoms with Crippen LogP contribution in [0, 0.1) is 0 Å². The first-order valence-corrected chi connectivity index (χ1v) is 17.3. The molecule has 0 aliphatic rings. The molecule has 14 nitrogen and oxygen atoms in total. The van der Waals surface area contributed by atoms with Crippen molar-refractivity contribution in [3.05, 3.63) is 149 Å². The van der Waals surface area contributed by atoms with Gasteiger partial charge in [0.1, 0.15) is 22.6 Å². The van der Waals surface area contributed by atoms with Crippen LogP contribution in [0.5, 0.6) is 34.5 Å². The molecule has 58 heavy (non-hydrogen) atoms. The fourth-order valence-corrected chi connectivity index (χ4v) is 5.04. The highest BCUT2D eigenvalue weighted by Crippen LogP contribution is 2.33. The Hall–Kier alpha value is -8.00. The van der Waals surface area contributed by atoms with E-state index in [9.17, 15) is 33.6 Å². The van der Waals surface area contributed by atoms with E-state index >= 15 is 0 Å². The molecule has 0 bridgehead atoms. The van der Waals surface area contributed by atoms with Crippen molar-refractivity contribution in [3.63, 3.8) is 0 Å². The number of para-hydroxylation sites is 2. The first-order chi connectivity index (χ1) is 27.9. The Bertz CT molecular complexity index is 2450. The SMILES string of the molecule is COc1cc(/C=C/C(=O)CC(=O)/C=C/c2ccc(OC(=O)c3ccccc3OC(C)=O)c(OC(=O)c3ccccc3OC(C)=O)c2)ccc1OC(=O)c1cccnc1. The van der Waals surface area contributed by atoms with E-state index in [2.05, 4.69) is 4.98 Å². The van der Waals surface area contributed by atoms with E-state index in [0.717, 1.165) is 13.0 Å². The largest absolute Gasteiger partial charge is 0.493 e. The fourth-order valence-electron chi connectivity index (χ4n) is 5.04. The maximum Gasteiger partial charge on any atom is 0.347 e. The number of nitrogens with zero attached hydrogens (tertiary/aromatic N) is 1. The van der Waals surface area contributed by atoms with Crippen molar-refractivity contribution < 1.29 is 62.0 Å². The van der Waals surface area contributed by atoms with Crippen LogP contribution in [0.1, 0.15) is 62.5 Å². The van der Waals surface area contributed by atoms with Gasteiger partial charge in [-0.05, 0) is 83.9 Å². The number of carbonyl (C=O) groups excluding carboxylic acids is 7. The molecule has 0 fully saturated rings. The zero-order valence-corrected chi connectivity index (χ0v) is 31.2. The normalized spacial score (nSPS) is 10.7. The monoisotopic (exact) mass is 783 g/mol. The summed E-state index contributed by atoms with van der Waals surface area (Å²) < 4.78 is 32.2. The third-order valence-electron chi connectivity index (χ3n) is 7.65. The first-order valence-electron chi connectivity index (χ1n) is 17.3. The minimum absolute atomic E-state index is 0.0612. The summed E-state index contributed by atoms with van der Waals surface area (Å²) >= 11 is 0. The topological polar surface area (TPSA) is 188 Å². The molecule has 0 radical (unpaired) electrons. The summed E-state index contributed by atoms with van der Waals surface area (Å²) in [6.45, 7) is 2.33. The lowest BCUT2D eigenvalue weighted by Crippen LogP contribution is -2.15. The molecule has 0 saturated heterocycles. The van der Waals surface area contributed by atoms with Crippen molar-refractivity contribution in [2.24, 2.45) is 0 Å². The van der Waals surface area contributed by atoms with E-state index in [1.54, 1.807) is 36.4 Å². The average Bonchev–Trinajstić information content (AvgIpc) is 3.20. The second-order valence-electron chi connectivity index (χ2n) is 12.0. The number of rotatable bonds is 15. The number of hydrogen-bond acceptors (Lipinski definition) is 14. The van der Waals surface area contributed by atoms with Gasteiger partial charge in [-0.25, -0.2) is 14.4 Å². The number of ether oxygens (including phenoxy) is 6. The van der Waals surface area contributed by atoms with E-state index in [1.807, 2.05) is 0 Å². The molecule has 0 amide bonds. The molecule has 0 aliphatic heterocycles. The highest BCUT2D eigenvalue weighted by atomic mass is 16.6. The number of hydrogen-bond donors (Lipinski definition) is 0. The zero-order valence-electron chi connectivity index (χ0n) is 31.2. The molecule has 0 N–H and O–H groups in total. The number of allylic oxidation sites excluding steroid dienone is 2. The molecule has 5 rings (SSSR count). The Morgan fingerprint density at radius 3 is 1.50 bits per heavy atom. The molecule has 292 valence electrons. The average molecular weight is 784 g/mol. The molecule has 0 saturated carbocycles. The number of aromatic nitrogens is 1. The molecule has 1 aromatic heterocycles. The van der Waals surface area contributed by atoms with Crippen molar-refractivity contribution in [1.29, 1.82) is 0 Å². The van der Waals surface area contributed by atoms with Gasteiger partial charge in [0, 0.05) is 26.2 Å². The molecule has 0 aliphatic carbocycles. The summed E-state index contributed by atoms with van der Waals surface area (Å²) in [5.41, 5.74) is 0.879. The van der Waals surface area contributed by atoms with Crippen molar-refractivity contribution in [3.8, 4) is 34.5 Å². The van der Waals surface area contributed by atoms with Gasteiger partial charge >= 0.3 is 29.8 Å². The van der Waals surface area contributed by atoms with E-state index in [-0.39, 0.29) is 51.2 Å². The number of methoxy groups -OCH3 is 1. The van der Waals surface area contributed by atoms with Crippen molar-refractivity contribution in [1.82, 2.24) is 4.98 Å². The minimum atomic E-state index is -0.970. The highest BCUT2D eigenvalue weighted by Gasteiger charge is 2.22. The fraction of sp³-hybridized carbons (Fsp3) is 0.0909. The van der Waals surface area contributed by atoms with Gasteiger partial charge in [0.25, 0.3) is 0 Å². The van der Waals surface area contributed by atoms with Gasteiger partial charge in [-0.3, -0.25) is 24.2 Å². The van der Waals surface area contributed by atoms with E-state index in [0.29, 0.717) is 11.1 Å². The van der Waals surface area contributed by atoms with Crippen LogP contribution in [0.25, 0.3) is 12.2 Å². The third kappa shape index (κ3) is 11.5. The van der Waals surface area contributed by atoms with Gasteiger partial charge < -0.3 is 28.4 Å². The molecule has 14 heteroatoms. The van der Waals surface area contributed by atoms with Crippen LogP contribution in [0.2, 0.25) is 0 Å². The maximum atomic E-state index is 13.4. The van der Waals surface area contributed by atoms with Gasteiger partial charge in [-0.15, -0.1) is 0 Å². The van der Waals surface area contributed by atoms with Crippen LogP contribution >= 0.6 is 0 Å². The predicted molar refractivity (Wildman–Crippen MR) is 207 cm³/mol. The number of pyridine rings is 1. The summed E-state index contributed by atoms with van der Waals surface area (Å²) in [7, 11) is 1.39. The summed E-state index contributed by atoms with van der Waals surface area (Å²) in [6.07, 6.45) is 7.61. The molecule has 1 heterocycles. The Balaban J connectivity index is 1.31. The van der Waals surface area contributed by atoms with Gasteiger partial charge in [0.05, 0.1) is 19.1 Å². The van der Waals surface area contributed by atoms with E-state index in [4.69, 9.17) is 28.4 Å². The zero-order chi connectivity index (χ0) is 41.6. The van der Waals surface area contributed by atoms with Crippen LogP contribution in [-0.4, -0.2) is 53.5 Å². The molecule has 5 aromatic rings. The minimum Gasteiger partial charge on any atom is -0.493 e. The Labute approximate surface area is 331 Å². The van der Waals surface area contributed by atoms with Crippen LogP contribution in [0.3, 0.4) is 0 Å². The predicted octanol–water partition coefficient (Wildman–Crippen LogP) is 6.85. The van der Waals surface area contributed by atoms with Crippen LogP contribution < -0.4 is 28.4 Å². The van der Waals surface area contributed by atoms with E-state index < -0.39 is 47.8 Å². The summed E-state index contributed by atoms with van der Waals surface area (Å²) in [5.74, 6) is -5.20. The molecule has 4 aromatic carbocycles. The number of esters is 5. The maximum absolute atomic E-state index is 13.4. The summed E-state index contributed by atoms with van der Waals surface area (Å²) in [4.78, 5) is 91.7. The second kappa shape index (κ2) is 19.5. The third-order valence-corrected chi connectivity index (χ3v) is 7.65. The molecule has 0 atom stereocenters. The van der Waals surface area contributed by atoms with Gasteiger partial charge in [-0.1, -0.05) is 48.6 Å². The second-order valence-corrected chi connectivity index (χ2v) is 12.0. The molecular weight excluding hydrogens is 750 g/mol. The Kier molecular flexibility index (Phi) is 13.9. The number of carbonyl (C=O) groups is 7. The lowest BCUT2D eigenvalue weighted by atomic mass is 10.1. The van der Waals surface area contributed by atoms with Gasteiger partial charge in [0.2, 0.25) is 0 Å². The quantitative estimate of drug-likeness (QED) is 0.0464. The highest BCUT2D eigenvalue weighted by molar-refractivity contribution is 6.11.